The lowest BCUT2D eigenvalue weighted by Gasteiger charge is -2.07. The Morgan fingerprint density at radius 1 is 1.00 bits per heavy atom. The number of para-hydroxylation sites is 1. The molecule has 2 aromatic carbocycles. The lowest BCUT2D eigenvalue weighted by atomic mass is 10.1. The van der Waals surface area contributed by atoms with Gasteiger partial charge in [-0.1, -0.05) is 41.7 Å². The highest BCUT2D eigenvalue weighted by molar-refractivity contribution is 7.19. The molecule has 4 aromatic rings. The number of amides is 1. The SMILES string of the molecule is O=C(Nc1nnc(-c2ccsc2)s1)c1ccc(COc2ccccc2)cc1. The Bertz CT molecular complexity index is 1010. The fourth-order valence-electron chi connectivity index (χ4n) is 2.38. The Morgan fingerprint density at radius 3 is 2.56 bits per heavy atom. The van der Waals surface area contributed by atoms with Crippen LogP contribution >= 0.6 is 22.7 Å². The maximum absolute atomic E-state index is 12.4. The average molecular weight is 393 g/mol. The van der Waals surface area contributed by atoms with Crippen LogP contribution in [0.2, 0.25) is 0 Å². The van der Waals surface area contributed by atoms with Gasteiger partial charge in [-0.05, 0) is 41.3 Å². The van der Waals surface area contributed by atoms with E-state index in [0.29, 0.717) is 17.3 Å². The molecule has 0 unspecified atom stereocenters. The lowest BCUT2D eigenvalue weighted by Crippen LogP contribution is -2.11. The van der Waals surface area contributed by atoms with Gasteiger partial charge >= 0.3 is 0 Å². The highest BCUT2D eigenvalue weighted by atomic mass is 32.1. The summed E-state index contributed by atoms with van der Waals surface area (Å²) in [5, 5.41) is 16.2. The van der Waals surface area contributed by atoms with Crippen molar-refractivity contribution in [2.24, 2.45) is 0 Å². The van der Waals surface area contributed by atoms with Crippen LogP contribution in [0.15, 0.2) is 71.4 Å². The van der Waals surface area contributed by atoms with Crippen molar-refractivity contribution >= 4 is 33.7 Å². The topological polar surface area (TPSA) is 64.1 Å². The van der Waals surface area contributed by atoms with E-state index >= 15 is 0 Å². The summed E-state index contributed by atoms with van der Waals surface area (Å²) < 4.78 is 5.71. The van der Waals surface area contributed by atoms with Gasteiger partial charge in [0.05, 0.1) is 0 Å². The first-order chi connectivity index (χ1) is 13.3. The van der Waals surface area contributed by atoms with Gasteiger partial charge < -0.3 is 4.74 Å². The second-order valence-electron chi connectivity index (χ2n) is 5.68. The molecule has 134 valence electrons. The van der Waals surface area contributed by atoms with Crippen molar-refractivity contribution in [3.05, 3.63) is 82.6 Å². The summed E-state index contributed by atoms with van der Waals surface area (Å²) in [6.45, 7) is 0.451. The van der Waals surface area contributed by atoms with Gasteiger partial charge in [0.1, 0.15) is 17.4 Å². The summed E-state index contributed by atoms with van der Waals surface area (Å²) in [5.74, 6) is 0.607. The molecule has 0 fully saturated rings. The van der Waals surface area contributed by atoms with E-state index in [2.05, 4.69) is 15.5 Å². The third-order valence-corrected chi connectivity index (χ3v) is 5.35. The largest absolute Gasteiger partial charge is 0.489 e. The van der Waals surface area contributed by atoms with Crippen molar-refractivity contribution in [1.82, 2.24) is 10.2 Å². The second kappa shape index (κ2) is 8.11. The molecular weight excluding hydrogens is 378 g/mol. The average Bonchev–Trinajstić information content (AvgIpc) is 3.39. The normalized spacial score (nSPS) is 10.5. The zero-order valence-electron chi connectivity index (χ0n) is 14.2. The van der Waals surface area contributed by atoms with Gasteiger partial charge in [-0.25, -0.2) is 0 Å². The lowest BCUT2D eigenvalue weighted by molar-refractivity contribution is 0.102. The van der Waals surface area contributed by atoms with Gasteiger partial charge in [-0.2, -0.15) is 11.3 Å². The molecule has 0 radical (unpaired) electrons. The number of carbonyl (C=O) groups excluding carboxylic acids is 1. The number of thiophene rings is 1. The molecule has 0 aliphatic rings. The molecule has 0 bridgehead atoms. The number of rotatable bonds is 6. The first-order valence-electron chi connectivity index (χ1n) is 8.22. The summed E-state index contributed by atoms with van der Waals surface area (Å²) in [6, 6.07) is 18.9. The fraction of sp³-hybridized carbons (Fsp3) is 0.0500. The van der Waals surface area contributed by atoms with E-state index in [-0.39, 0.29) is 5.91 Å². The van der Waals surface area contributed by atoms with Gasteiger partial charge in [-0.3, -0.25) is 10.1 Å². The summed E-state index contributed by atoms with van der Waals surface area (Å²) in [6.07, 6.45) is 0. The molecule has 0 spiro atoms. The number of aromatic nitrogens is 2. The number of hydrogen-bond donors (Lipinski definition) is 1. The van der Waals surface area contributed by atoms with Crippen molar-refractivity contribution in [3.8, 4) is 16.3 Å². The van der Waals surface area contributed by atoms with Crippen LogP contribution in [0.25, 0.3) is 10.6 Å². The predicted molar refractivity (Wildman–Crippen MR) is 108 cm³/mol. The molecule has 1 N–H and O–H groups in total. The maximum atomic E-state index is 12.4. The predicted octanol–water partition coefficient (Wildman–Crippen LogP) is 5.10. The summed E-state index contributed by atoms with van der Waals surface area (Å²) in [5.41, 5.74) is 2.57. The zero-order valence-corrected chi connectivity index (χ0v) is 15.8. The molecule has 0 atom stereocenters. The van der Waals surface area contributed by atoms with Crippen LogP contribution in [0.5, 0.6) is 5.75 Å². The van der Waals surface area contributed by atoms with Gasteiger partial charge in [0.2, 0.25) is 5.13 Å². The van der Waals surface area contributed by atoms with Crippen LogP contribution in [0.1, 0.15) is 15.9 Å². The molecule has 27 heavy (non-hydrogen) atoms. The van der Waals surface area contributed by atoms with Crippen LogP contribution in [0, 0.1) is 0 Å². The number of nitrogens with one attached hydrogen (secondary N) is 1. The molecule has 0 saturated heterocycles. The van der Waals surface area contributed by atoms with Crippen LogP contribution in [-0.4, -0.2) is 16.1 Å². The number of hydrogen-bond acceptors (Lipinski definition) is 6. The number of nitrogens with zero attached hydrogens (tertiary/aromatic N) is 2. The Balaban J connectivity index is 1.36. The first kappa shape index (κ1) is 17.4. The van der Waals surface area contributed by atoms with Gasteiger partial charge in [0.25, 0.3) is 5.91 Å². The van der Waals surface area contributed by atoms with Gasteiger partial charge in [0.15, 0.2) is 0 Å². The second-order valence-corrected chi connectivity index (χ2v) is 7.43. The third-order valence-electron chi connectivity index (χ3n) is 3.78. The summed E-state index contributed by atoms with van der Waals surface area (Å²) >= 11 is 2.95. The van der Waals surface area contributed by atoms with E-state index < -0.39 is 0 Å². The monoisotopic (exact) mass is 393 g/mol. The van der Waals surface area contributed by atoms with Gasteiger partial charge in [-0.15, -0.1) is 10.2 Å². The first-order valence-corrected chi connectivity index (χ1v) is 9.98. The van der Waals surface area contributed by atoms with Gasteiger partial charge in [0, 0.05) is 16.5 Å². The molecule has 0 aliphatic heterocycles. The molecule has 2 heterocycles. The van der Waals surface area contributed by atoms with E-state index in [4.69, 9.17) is 4.74 Å². The smallest absolute Gasteiger partial charge is 0.257 e. The molecule has 0 saturated carbocycles. The molecule has 4 rings (SSSR count). The summed E-state index contributed by atoms with van der Waals surface area (Å²) in [4.78, 5) is 12.4. The van der Waals surface area contributed by atoms with E-state index in [9.17, 15) is 4.79 Å². The zero-order chi connectivity index (χ0) is 18.5. The van der Waals surface area contributed by atoms with Crippen molar-refractivity contribution in [3.63, 3.8) is 0 Å². The van der Waals surface area contributed by atoms with Crippen LogP contribution < -0.4 is 10.1 Å². The fourth-order valence-corrected chi connectivity index (χ4v) is 3.83. The minimum atomic E-state index is -0.210. The Labute approximate surface area is 164 Å². The van der Waals surface area contributed by atoms with Crippen molar-refractivity contribution in [2.75, 3.05) is 5.32 Å². The molecular formula is C20H15N3O2S2. The van der Waals surface area contributed by atoms with Crippen molar-refractivity contribution < 1.29 is 9.53 Å². The van der Waals surface area contributed by atoms with E-state index in [0.717, 1.165) is 21.9 Å². The van der Waals surface area contributed by atoms with Crippen molar-refractivity contribution in [2.45, 2.75) is 6.61 Å². The standard InChI is InChI=1S/C20H15N3O2S2/c24-18(21-20-23-22-19(27-20)16-10-11-26-13-16)15-8-6-14(7-9-15)12-25-17-4-2-1-3-5-17/h1-11,13H,12H2,(H,21,23,24). The number of ether oxygens (including phenoxy) is 1. The highest BCUT2D eigenvalue weighted by Gasteiger charge is 2.11. The maximum Gasteiger partial charge on any atom is 0.257 e. The van der Waals surface area contributed by atoms with Crippen LogP contribution in [0.4, 0.5) is 5.13 Å². The molecule has 2 aromatic heterocycles. The Kier molecular flexibility index (Phi) is 5.22. The van der Waals surface area contributed by atoms with Crippen LogP contribution in [-0.2, 0) is 6.61 Å². The third kappa shape index (κ3) is 4.39. The molecule has 1 amide bonds. The quantitative estimate of drug-likeness (QED) is 0.495. The van der Waals surface area contributed by atoms with E-state index in [1.54, 1.807) is 23.5 Å². The van der Waals surface area contributed by atoms with E-state index in [1.807, 2.05) is 59.3 Å². The molecule has 7 heteroatoms. The Hall–Kier alpha value is -3.03. The highest BCUT2D eigenvalue weighted by Crippen LogP contribution is 2.28. The number of anilines is 1. The van der Waals surface area contributed by atoms with Crippen molar-refractivity contribution in [1.29, 1.82) is 0 Å². The Morgan fingerprint density at radius 2 is 1.81 bits per heavy atom. The summed E-state index contributed by atoms with van der Waals surface area (Å²) in [7, 11) is 0. The van der Waals surface area contributed by atoms with Crippen LogP contribution in [0.3, 0.4) is 0 Å². The number of benzene rings is 2. The minimum Gasteiger partial charge on any atom is -0.489 e. The molecule has 5 nitrogen and oxygen atoms in total. The molecule has 0 aliphatic carbocycles. The number of carbonyl (C=O) groups is 1. The minimum absolute atomic E-state index is 0.210. The van der Waals surface area contributed by atoms with E-state index in [1.165, 1.54) is 11.3 Å².